The zero-order valence-electron chi connectivity index (χ0n) is 19.0. The Hall–Kier alpha value is -4.28. The van der Waals surface area contributed by atoms with E-state index in [1.54, 1.807) is 30.3 Å². The van der Waals surface area contributed by atoms with E-state index in [0.717, 1.165) is 18.5 Å². The van der Waals surface area contributed by atoms with E-state index in [9.17, 15) is 19.8 Å². The Labute approximate surface area is 201 Å². The summed E-state index contributed by atoms with van der Waals surface area (Å²) in [6.07, 6.45) is 2.02. The van der Waals surface area contributed by atoms with E-state index >= 15 is 0 Å². The number of carboxylic acid groups (broad SMARTS) is 1. The molecule has 1 aliphatic rings. The number of carbonyl (C=O) groups excluding carboxylic acids is 1. The Morgan fingerprint density at radius 2 is 2.03 bits per heavy atom. The molecule has 5 N–H and O–H groups in total. The van der Waals surface area contributed by atoms with E-state index < -0.39 is 12.0 Å². The molecular weight excluding hydrogens is 454 g/mol. The van der Waals surface area contributed by atoms with Gasteiger partial charge >= 0.3 is 5.97 Å². The van der Waals surface area contributed by atoms with Crippen LogP contribution in [-0.2, 0) is 16.0 Å². The number of phenols is 1. The van der Waals surface area contributed by atoms with Crippen LogP contribution < -0.4 is 20.7 Å². The summed E-state index contributed by atoms with van der Waals surface area (Å²) in [7, 11) is 0. The third-order valence-electron chi connectivity index (χ3n) is 5.30. The number of benzene rings is 2. The highest BCUT2D eigenvalue weighted by Crippen LogP contribution is 2.24. The number of hydrogen-bond donors (Lipinski definition) is 5. The molecule has 4 rings (SSSR count). The first-order valence-corrected chi connectivity index (χ1v) is 11.3. The third kappa shape index (κ3) is 6.85. The van der Waals surface area contributed by atoms with E-state index in [4.69, 9.17) is 9.15 Å². The summed E-state index contributed by atoms with van der Waals surface area (Å²) >= 11 is 0. The monoisotopic (exact) mass is 481 g/mol. The Morgan fingerprint density at radius 1 is 1.20 bits per heavy atom. The molecule has 0 spiro atoms. The quantitative estimate of drug-likeness (QED) is 0.274. The van der Waals surface area contributed by atoms with Crippen LogP contribution in [0.3, 0.4) is 0 Å². The van der Waals surface area contributed by atoms with E-state index in [1.165, 1.54) is 12.1 Å². The second kappa shape index (κ2) is 11.2. The van der Waals surface area contributed by atoms with Gasteiger partial charge in [-0.1, -0.05) is 12.1 Å². The van der Waals surface area contributed by atoms with Crippen LogP contribution in [0.15, 0.2) is 51.9 Å². The van der Waals surface area contributed by atoms with Crippen molar-refractivity contribution < 1.29 is 29.0 Å². The average molecular weight is 482 g/mol. The molecule has 1 unspecified atom stereocenters. The second-order valence-electron chi connectivity index (χ2n) is 8.07. The fourth-order valence-corrected chi connectivity index (χ4v) is 3.52. The summed E-state index contributed by atoms with van der Waals surface area (Å²) in [5.74, 6) is 0.0313. The third-order valence-corrected chi connectivity index (χ3v) is 5.30. The van der Waals surface area contributed by atoms with Gasteiger partial charge in [0.25, 0.3) is 6.01 Å². The Bertz CT molecular complexity index is 1210. The average Bonchev–Trinajstić information content (AvgIpc) is 3.24. The number of rotatable bonds is 10. The van der Waals surface area contributed by atoms with Gasteiger partial charge in [-0.15, -0.1) is 0 Å². The molecule has 11 nitrogen and oxygen atoms in total. The van der Waals surface area contributed by atoms with E-state index in [-0.39, 0.29) is 24.1 Å². The summed E-state index contributed by atoms with van der Waals surface area (Å²) in [6, 6.07) is 10.7. The number of hydrogen-bond acceptors (Lipinski definition) is 9. The minimum Gasteiger partial charge on any atom is -0.508 e. The minimum absolute atomic E-state index is 0.0345. The van der Waals surface area contributed by atoms with Crippen molar-refractivity contribution in [1.29, 1.82) is 0 Å². The number of carboxylic acids is 1. The molecule has 11 heteroatoms. The molecule has 1 amide bonds. The SMILES string of the molecule is O=C(CCCOc1ccc(CC(Nc2nc3ccc(O)cc3o2)C(=O)O)cc1)NC1=NCCCN1. The van der Waals surface area contributed by atoms with Gasteiger partial charge in [0.1, 0.15) is 23.1 Å². The molecular formula is C24H27N5O6. The number of phenolic OH excluding ortho intramolecular Hbond substituents is 1. The van der Waals surface area contributed by atoms with Gasteiger partial charge in [-0.3, -0.25) is 15.1 Å². The summed E-state index contributed by atoms with van der Waals surface area (Å²) in [4.78, 5) is 32.1. The number of oxazole rings is 1. The van der Waals surface area contributed by atoms with Crippen molar-refractivity contribution in [2.24, 2.45) is 4.99 Å². The number of amides is 1. The predicted molar refractivity (Wildman–Crippen MR) is 129 cm³/mol. The molecule has 2 aromatic carbocycles. The number of aliphatic imine (C=N–C) groups is 1. The Morgan fingerprint density at radius 3 is 2.77 bits per heavy atom. The van der Waals surface area contributed by atoms with Crippen molar-refractivity contribution in [3.63, 3.8) is 0 Å². The number of ether oxygens (including phenoxy) is 1. The van der Waals surface area contributed by atoms with Crippen LogP contribution in [0.1, 0.15) is 24.8 Å². The first kappa shape index (κ1) is 23.9. The van der Waals surface area contributed by atoms with Gasteiger partial charge in [0.15, 0.2) is 11.5 Å². The van der Waals surface area contributed by atoms with Gasteiger partial charge in [-0.2, -0.15) is 4.98 Å². The standard InChI is InChI=1S/C24H27N5O6/c30-16-6-9-18-20(14-16)35-24(27-18)28-19(22(32)33)13-15-4-7-17(8-5-15)34-12-1-3-21(31)29-23-25-10-2-11-26-23/h4-9,14,19,30H,1-3,10-13H2,(H,27,28)(H,32,33)(H2,25,26,29,31). The normalized spacial score (nSPS) is 14.0. The summed E-state index contributed by atoms with van der Waals surface area (Å²) in [6.45, 7) is 1.90. The van der Waals surface area contributed by atoms with Crippen molar-refractivity contribution in [1.82, 2.24) is 15.6 Å². The van der Waals surface area contributed by atoms with Crippen molar-refractivity contribution in [2.75, 3.05) is 25.0 Å². The van der Waals surface area contributed by atoms with Crippen LogP contribution in [-0.4, -0.2) is 58.8 Å². The largest absolute Gasteiger partial charge is 0.508 e. The molecule has 0 saturated carbocycles. The maximum atomic E-state index is 12.0. The highest BCUT2D eigenvalue weighted by atomic mass is 16.5. The van der Waals surface area contributed by atoms with Crippen molar-refractivity contribution in [2.45, 2.75) is 31.7 Å². The van der Waals surface area contributed by atoms with Crippen LogP contribution in [0.5, 0.6) is 11.5 Å². The fourth-order valence-electron chi connectivity index (χ4n) is 3.52. The Balaban J connectivity index is 1.24. The number of nitrogens with one attached hydrogen (secondary N) is 3. The number of guanidine groups is 1. The number of aliphatic carboxylic acids is 1. The van der Waals surface area contributed by atoms with Gasteiger partial charge in [-0.25, -0.2) is 4.79 Å². The van der Waals surface area contributed by atoms with E-state index in [0.29, 0.717) is 48.8 Å². The van der Waals surface area contributed by atoms with E-state index in [2.05, 4.69) is 25.9 Å². The lowest BCUT2D eigenvalue weighted by atomic mass is 10.1. The van der Waals surface area contributed by atoms with Crippen LogP contribution in [0.25, 0.3) is 11.1 Å². The lowest BCUT2D eigenvalue weighted by Crippen LogP contribution is -2.43. The molecule has 0 aliphatic carbocycles. The lowest BCUT2D eigenvalue weighted by molar-refractivity contribution is -0.138. The highest BCUT2D eigenvalue weighted by Gasteiger charge is 2.20. The molecule has 1 aliphatic heterocycles. The van der Waals surface area contributed by atoms with Crippen LogP contribution in [0.2, 0.25) is 0 Å². The topological polar surface area (TPSA) is 158 Å². The molecule has 35 heavy (non-hydrogen) atoms. The Kier molecular flexibility index (Phi) is 7.66. The number of nitrogens with zero attached hydrogens (tertiary/aromatic N) is 2. The first-order chi connectivity index (χ1) is 17.0. The first-order valence-electron chi connectivity index (χ1n) is 11.3. The molecule has 184 valence electrons. The van der Waals surface area contributed by atoms with Crippen molar-refractivity contribution in [3.8, 4) is 11.5 Å². The smallest absolute Gasteiger partial charge is 0.326 e. The van der Waals surface area contributed by atoms with Gasteiger partial charge in [-0.05, 0) is 42.7 Å². The number of aromatic nitrogens is 1. The van der Waals surface area contributed by atoms with Gasteiger partial charge in [0, 0.05) is 32.0 Å². The van der Waals surface area contributed by atoms with Gasteiger partial charge < -0.3 is 30.0 Å². The summed E-state index contributed by atoms with van der Waals surface area (Å²) in [5, 5.41) is 27.7. The number of carbonyl (C=O) groups is 2. The van der Waals surface area contributed by atoms with Crippen LogP contribution >= 0.6 is 0 Å². The van der Waals surface area contributed by atoms with Crippen LogP contribution in [0.4, 0.5) is 6.01 Å². The zero-order valence-corrected chi connectivity index (χ0v) is 19.0. The molecule has 0 saturated heterocycles. The molecule has 2 heterocycles. The number of fused-ring (bicyclic) bond motifs is 1. The molecule has 0 bridgehead atoms. The van der Waals surface area contributed by atoms with E-state index in [1.807, 2.05) is 0 Å². The van der Waals surface area contributed by atoms with Crippen LogP contribution in [0, 0.1) is 0 Å². The zero-order chi connectivity index (χ0) is 24.6. The number of anilines is 1. The highest BCUT2D eigenvalue weighted by molar-refractivity contribution is 5.97. The van der Waals surface area contributed by atoms with Gasteiger partial charge in [0.05, 0.1) is 6.61 Å². The maximum absolute atomic E-state index is 12.0. The lowest BCUT2D eigenvalue weighted by Gasteiger charge is -2.15. The molecule has 0 radical (unpaired) electrons. The summed E-state index contributed by atoms with van der Waals surface area (Å²) < 4.78 is 11.2. The molecule has 0 fully saturated rings. The maximum Gasteiger partial charge on any atom is 0.326 e. The molecule has 1 atom stereocenters. The second-order valence-corrected chi connectivity index (χ2v) is 8.07. The minimum atomic E-state index is -1.05. The molecule has 1 aromatic heterocycles. The van der Waals surface area contributed by atoms with Gasteiger partial charge in [0.2, 0.25) is 5.91 Å². The molecule has 3 aromatic rings. The number of aromatic hydroxyl groups is 1. The van der Waals surface area contributed by atoms with Crippen molar-refractivity contribution >= 4 is 35.0 Å². The predicted octanol–water partition coefficient (Wildman–Crippen LogP) is 2.27. The van der Waals surface area contributed by atoms with Crippen molar-refractivity contribution in [3.05, 3.63) is 48.0 Å². The fraction of sp³-hybridized carbons (Fsp3) is 0.333. The summed E-state index contributed by atoms with van der Waals surface area (Å²) in [5.41, 5.74) is 1.65.